The van der Waals surface area contributed by atoms with E-state index in [1.165, 1.54) is 0 Å². The second-order valence-electron chi connectivity index (χ2n) is 3.94. The molecular formula is C10H15NO2S2. The van der Waals surface area contributed by atoms with Crippen LogP contribution in [0.3, 0.4) is 0 Å². The van der Waals surface area contributed by atoms with Crippen LogP contribution in [0.25, 0.3) is 0 Å². The largest absolute Gasteiger partial charge is 0.481 e. The fraction of sp³-hybridized carbons (Fsp3) is 0.600. The van der Waals surface area contributed by atoms with Gasteiger partial charge in [-0.05, 0) is 26.7 Å². The van der Waals surface area contributed by atoms with Crippen molar-refractivity contribution in [2.45, 2.75) is 31.0 Å². The number of carbonyl (C=O) groups is 1. The first-order valence-electron chi connectivity index (χ1n) is 4.78. The maximum atomic E-state index is 10.8. The zero-order valence-corrected chi connectivity index (χ0v) is 10.5. The average molecular weight is 245 g/mol. The van der Waals surface area contributed by atoms with Crippen LogP contribution in [0.2, 0.25) is 0 Å². The lowest BCUT2D eigenvalue weighted by molar-refractivity contribution is -0.147. The number of carboxylic acids is 1. The van der Waals surface area contributed by atoms with Crippen molar-refractivity contribution in [3.8, 4) is 0 Å². The van der Waals surface area contributed by atoms with Crippen molar-refractivity contribution < 1.29 is 9.90 Å². The molecule has 0 aromatic carbocycles. The molecule has 1 aromatic rings. The van der Waals surface area contributed by atoms with Crippen molar-refractivity contribution in [1.82, 2.24) is 4.98 Å². The van der Waals surface area contributed by atoms with E-state index in [1.807, 2.05) is 5.38 Å². The first kappa shape index (κ1) is 12.5. The molecule has 0 radical (unpaired) electrons. The molecule has 0 fully saturated rings. The van der Waals surface area contributed by atoms with E-state index in [2.05, 4.69) is 4.98 Å². The minimum atomic E-state index is -0.721. The molecule has 1 N–H and O–H groups in total. The lowest BCUT2D eigenvalue weighted by Gasteiger charge is -2.18. The topological polar surface area (TPSA) is 50.2 Å². The molecule has 0 bridgehead atoms. The number of thiazole rings is 1. The van der Waals surface area contributed by atoms with Gasteiger partial charge in [0.1, 0.15) is 4.34 Å². The maximum Gasteiger partial charge on any atom is 0.309 e. The van der Waals surface area contributed by atoms with E-state index in [-0.39, 0.29) is 0 Å². The second-order valence-corrected chi connectivity index (χ2v) is 6.18. The third-order valence-electron chi connectivity index (χ3n) is 2.16. The fourth-order valence-electron chi connectivity index (χ4n) is 1.06. The van der Waals surface area contributed by atoms with Crippen molar-refractivity contribution in [3.05, 3.63) is 11.6 Å². The molecule has 0 amide bonds. The number of aliphatic carboxylic acids is 1. The van der Waals surface area contributed by atoms with Gasteiger partial charge in [0.15, 0.2) is 0 Å². The molecule has 0 atom stereocenters. The molecule has 0 saturated carbocycles. The van der Waals surface area contributed by atoms with Gasteiger partial charge in [-0.1, -0.05) is 11.8 Å². The van der Waals surface area contributed by atoms with E-state index in [0.717, 1.165) is 16.5 Å². The van der Waals surface area contributed by atoms with Crippen LogP contribution in [-0.4, -0.2) is 21.8 Å². The van der Waals surface area contributed by atoms with Crippen molar-refractivity contribution in [2.75, 3.05) is 5.75 Å². The van der Waals surface area contributed by atoms with Crippen molar-refractivity contribution in [2.24, 2.45) is 5.41 Å². The number of thioether (sulfide) groups is 1. The van der Waals surface area contributed by atoms with Gasteiger partial charge in [0.05, 0.1) is 5.41 Å². The molecule has 0 aliphatic carbocycles. The van der Waals surface area contributed by atoms with Crippen molar-refractivity contribution in [3.63, 3.8) is 0 Å². The highest BCUT2D eigenvalue weighted by molar-refractivity contribution is 8.00. The van der Waals surface area contributed by atoms with Crippen LogP contribution in [0.15, 0.2) is 15.9 Å². The predicted molar refractivity (Wildman–Crippen MR) is 63.5 cm³/mol. The average Bonchev–Trinajstić information content (AvgIpc) is 2.64. The van der Waals surface area contributed by atoms with Gasteiger partial charge in [-0.15, -0.1) is 11.3 Å². The van der Waals surface area contributed by atoms with Crippen LogP contribution in [0.1, 0.15) is 26.7 Å². The number of carboxylic acid groups (broad SMARTS) is 1. The van der Waals surface area contributed by atoms with E-state index in [9.17, 15) is 4.79 Å². The smallest absolute Gasteiger partial charge is 0.309 e. The summed E-state index contributed by atoms with van der Waals surface area (Å²) in [4.78, 5) is 15.0. The third kappa shape index (κ3) is 4.22. The standard InChI is InChI=1S/C10H15NO2S2/c1-10(2,8(12)13)4-3-6-14-9-11-5-7-15-9/h5,7H,3-4,6H2,1-2H3,(H,12,13). The summed E-state index contributed by atoms with van der Waals surface area (Å²) in [5, 5.41) is 10.9. The Morgan fingerprint density at radius 1 is 1.67 bits per heavy atom. The Labute approximate surface area is 97.9 Å². The summed E-state index contributed by atoms with van der Waals surface area (Å²) in [7, 11) is 0. The number of hydrogen-bond acceptors (Lipinski definition) is 4. The molecule has 84 valence electrons. The molecule has 3 nitrogen and oxygen atoms in total. The third-order valence-corrected chi connectivity index (χ3v) is 4.21. The van der Waals surface area contributed by atoms with Crippen LogP contribution >= 0.6 is 23.1 Å². The Balaban J connectivity index is 2.19. The number of nitrogens with zero attached hydrogens (tertiary/aromatic N) is 1. The predicted octanol–water partition coefficient (Wildman–Crippen LogP) is 3.13. The monoisotopic (exact) mass is 245 g/mol. The Bertz CT molecular complexity index is 309. The summed E-state index contributed by atoms with van der Waals surface area (Å²) in [5.74, 6) is 0.214. The minimum absolute atomic E-state index is 0.608. The Morgan fingerprint density at radius 2 is 2.40 bits per heavy atom. The van der Waals surface area contributed by atoms with Gasteiger partial charge < -0.3 is 5.11 Å². The minimum Gasteiger partial charge on any atom is -0.481 e. The van der Waals surface area contributed by atoms with Gasteiger partial charge in [0, 0.05) is 17.3 Å². The molecule has 1 rings (SSSR count). The van der Waals surface area contributed by atoms with Gasteiger partial charge in [-0.3, -0.25) is 4.79 Å². The highest BCUT2D eigenvalue weighted by atomic mass is 32.2. The molecule has 1 aromatic heterocycles. The second kappa shape index (κ2) is 5.51. The SMILES string of the molecule is CC(C)(CCCSc1nccs1)C(=O)O. The Morgan fingerprint density at radius 3 is 2.93 bits per heavy atom. The van der Waals surface area contributed by atoms with Gasteiger partial charge in [-0.2, -0.15) is 0 Å². The first-order valence-corrected chi connectivity index (χ1v) is 6.64. The van der Waals surface area contributed by atoms with Crippen LogP contribution in [0.5, 0.6) is 0 Å². The van der Waals surface area contributed by atoms with Crippen molar-refractivity contribution in [1.29, 1.82) is 0 Å². The summed E-state index contributed by atoms with van der Waals surface area (Å²) in [5.41, 5.74) is -0.608. The summed E-state index contributed by atoms with van der Waals surface area (Å²) < 4.78 is 1.06. The maximum absolute atomic E-state index is 10.8. The molecule has 0 saturated heterocycles. The van der Waals surface area contributed by atoms with E-state index >= 15 is 0 Å². The van der Waals surface area contributed by atoms with E-state index < -0.39 is 11.4 Å². The fourth-order valence-corrected chi connectivity index (χ4v) is 2.71. The number of aromatic nitrogens is 1. The molecule has 0 aliphatic heterocycles. The lowest BCUT2D eigenvalue weighted by atomic mass is 9.88. The van der Waals surface area contributed by atoms with Crippen LogP contribution in [-0.2, 0) is 4.79 Å². The number of rotatable bonds is 6. The van der Waals surface area contributed by atoms with E-state index in [1.54, 1.807) is 43.1 Å². The zero-order valence-electron chi connectivity index (χ0n) is 8.90. The quantitative estimate of drug-likeness (QED) is 0.618. The van der Waals surface area contributed by atoms with Crippen LogP contribution in [0.4, 0.5) is 0 Å². The van der Waals surface area contributed by atoms with E-state index in [4.69, 9.17) is 5.11 Å². The normalized spacial score (nSPS) is 11.6. The summed E-state index contributed by atoms with van der Waals surface area (Å²) in [6.07, 6.45) is 3.40. The molecular weight excluding hydrogens is 230 g/mol. The molecule has 1 heterocycles. The lowest BCUT2D eigenvalue weighted by Crippen LogP contribution is -2.23. The van der Waals surface area contributed by atoms with Gasteiger partial charge >= 0.3 is 5.97 Å². The Kier molecular flexibility index (Phi) is 4.60. The summed E-state index contributed by atoms with van der Waals surface area (Å²) in [6, 6.07) is 0. The summed E-state index contributed by atoms with van der Waals surface area (Å²) in [6.45, 7) is 3.53. The van der Waals surface area contributed by atoms with Gasteiger partial charge in [0.2, 0.25) is 0 Å². The zero-order chi connectivity index (χ0) is 11.3. The molecule has 0 spiro atoms. The molecule has 0 aliphatic rings. The van der Waals surface area contributed by atoms with Gasteiger partial charge in [-0.25, -0.2) is 4.98 Å². The molecule has 0 unspecified atom stereocenters. The Hall–Kier alpha value is -0.550. The van der Waals surface area contributed by atoms with Crippen LogP contribution in [0, 0.1) is 5.41 Å². The summed E-state index contributed by atoms with van der Waals surface area (Å²) >= 11 is 3.32. The molecule has 15 heavy (non-hydrogen) atoms. The number of hydrogen-bond donors (Lipinski definition) is 1. The van der Waals surface area contributed by atoms with Gasteiger partial charge in [0.25, 0.3) is 0 Å². The first-order chi connectivity index (χ1) is 7.02. The molecule has 5 heteroatoms. The van der Waals surface area contributed by atoms with Crippen LogP contribution < -0.4 is 0 Å². The highest BCUT2D eigenvalue weighted by Crippen LogP contribution is 2.26. The van der Waals surface area contributed by atoms with E-state index in [0.29, 0.717) is 6.42 Å². The van der Waals surface area contributed by atoms with Crippen molar-refractivity contribution >= 4 is 29.1 Å². The highest BCUT2D eigenvalue weighted by Gasteiger charge is 2.26.